The fourth-order valence-electron chi connectivity index (χ4n) is 3.08. The topological polar surface area (TPSA) is 58.4 Å². The fraction of sp³-hybridized carbons (Fsp3) is 0.375. The molecule has 8 heteroatoms. The molecule has 1 fully saturated rings. The monoisotopic (exact) mass is 339 g/mol. The second-order valence-corrected chi connectivity index (χ2v) is 5.85. The molecule has 0 saturated carbocycles. The number of amides is 1. The van der Waals surface area contributed by atoms with Crippen molar-refractivity contribution in [1.82, 2.24) is 14.7 Å². The smallest absolute Gasteiger partial charge is 0.391 e. The minimum absolute atomic E-state index is 0.00112. The molecule has 0 aliphatic carbocycles. The zero-order valence-electron chi connectivity index (χ0n) is 12.9. The van der Waals surface area contributed by atoms with E-state index in [1.807, 2.05) is 0 Å². The van der Waals surface area contributed by atoms with Gasteiger partial charge in [0.15, 0.2) is 0 Å². The van der Waals surface area contributed by atoms with E-state index in [0.717, 1.165) is 6.07 Å². The number of hydrogen-bond acceptors (Lipinski definition) is 3. The molecular weight excluding hydrogens is 323 g/mol. The van der Waals surface area contributed by atoms with Crippen LogP contribution in [0.5, 0.6) is 0 Å². The normalized spacial score (nSPS) is 21.3. The summed E-state index contributed by atoms with van der Waals surface area (Å²) in [7, 11) is 1.64. The lowest BCUT2D eigenvalue weighted by Crippen LogP contribution is -2.32. The number of aliphatic hydroxyl groups excluding tert-OH is 1. The van der Waals surface area contributed by atoms with Crippen LogP contribution in [-0.4, -0.2) is 38.3 Å². The predicted molar refractivity (Wildman–Crippen MR) is 79.1 cm³/mol. The molecule has 2 atom stereocenters. The highest BCUT2D eigenvalue weighted by Gasteiger charge is 2.41. The van der Waals surface area contributed by atoms with Gasteiger partial charge in [-0.15, -0.1) is 0 Å². The first-order valence-electron chi connectivity index (χ1n) is 7.41. The number of aryl methyl sites for hydroxylation is 1. The van der Waals surface area contributed by atoms with Gasteiger partial charge < -0.3 is 10.0 Å². The molecule has 1 aromatic heterocycles. The molecule has 5 nitrogen and oxygen atoms in total. The van der Waals surface area contributed by atoms with Crippen LogP contribution in [-0.2, 0) is 13.2 Å². The van der Waals surface area contributed by atoms with Crippen LogP contribution in [0.4, 0.5) is 13.2 Å². The van der Waals surface area contributed by atoms with Crippen LogP contribution in [0.15, 0.2) is 36.7 Å². The molecule has 128 valence electrons. The quantitative estimate of drug-likeness (QED) is 0.914. The van der Waals surface area contributed by atoms with Crippen molar-refractivity contribution in [3.05, 3.63) is 53.3 Å². The first-order valence-corrected chi connectivity index (χ1v) is 7.41. The van der Waals surface area contributed by atoms with Gasteiger partial charge >= 0.3 is 6.18 Å². The van der Waals surface area contributed by atoms with E-state index in [1.165, 1.54) is 40.2 Å². The van der Waals surface area contributed by atoms with E-state index in [9.17, 15) is 23.1 Å². The van der Waals surface area contributed by atoms with E-state index < -0.39 is 29.8 Å². The summed E-state index contributed by atoms with van der Waals surface area (Å²) in [5.41, 5.74) is -0.507. The Morgan fingerprint density at radius 2 is 2.04 bits per heavy atom. The Kier molecular flexibility index (Phi) is 4.08. The molecule has 0 radical (unpaired) electrons. The maximum atomic E-state index is 13.3. The molecule has 24 heavy (non-hydrogen) atoms. The summed E-state index contributed by atoms with van der Waals surface area (Å²) < 4.78 is 41.3. The number of nitrogens with zero attached hydrogens (tertiary/aromatic N) is 3. The van der Waals surface area contributed by atoms with E-state index in [4.69, 9.17) is 0 Å². The maximum absolute atomic E-state index is 13.3. The van der Waals surface area contributed by atoms with Gasteiger partial charge in [0.1, 0.15) is 0 Å². The van der Waals surface area contributed by atoms with Crippen molar-refractivity contribution in [2.75, 3.05) is 6.54 Å². The molecule has 0 spiro atoms. The highest BCUT2D eigenvalue weighted by atomic mass is 19.4. The van der Waals surface area contributed by atoms with Gasteiger partial charge in [0.25, 0.3) is 5.91 Å². The lowest BCUT2D eigenvalue weighted by Gasteiger charge is -2.26. The molecule has 3 rings (SSSR count). The second kappa shape index (κ2) is 5.94. The SMILES string of the molecule is Cn1cc(C(=O)N2C[C@@H](O)C[C@H]2c2ccccc2C(F)(F)F)cn1. The van der Waals surface area contributed by atoms with Crippen molar-refractivity contribution in [1.29, 1.82) is 0 Å². The minimum atomic E-state index is -4.52. The second-order valence-electron chi connectivity index (χ2n) is 5.85. The number of hydrogen-bond donors (Lipinski definition) is 1. The largest absolute Gasteiger partial charge is 0.416 e. The van der Waals surface area contributed by atoms with E-state index in [-0.39, 0.29) is 24.1 Å². The first kappa shape index (κ1) is 16.5. The van der Waals surface area contributed by atoms with Gasteiger partial charge in [-0.1, -0.05) is 18.2 Å². The average Bonchev–Trinajstić information content (AvgIpc) is 3.12. The number of carbonyl (C=O) groups is 1. The third kappa shape index (κ3) is 3.01. The van der Waals surface area contributed by atoms with Crippen molar-refractivity contribution >= 4 is 5.91 Å². The Morgan fingerprint density at radius 3 is 2.67 bits per heavy atom. The summed E-state index contributed by atoms with van der Waals surface area (Å²) in [5.74, 6) is -0.443. The van der Waals surface area contributed by atoms with Gasteiger partial charge in [0.05, 0.1) is 29.5 Å². The van der Waals surface area contributed by atoms with Gasteiger partial charge in [-0.2, -0.15) is 18.3 Å². The molecule has 2 aromatic rings. The highest BCUT2D eigenvalue weighted by molar-refractivity contribution is 5.94. The molecule has 1 aliphatic heterocycles. The van der Waals surface area contributed by atoms with Gasteiger partial charge in [-0.25, -0.2) is 0 Å². The number of benzene rings is 1. The Morgan fingerprint density at radius 1 is 1.33 bits per heavy atom. The third-order valence-electron chi connectivity index (χ3n) is 4.12. The molecule has 1 saturated heterocycles. The van der Waals surface area contributed by atoms with E-state index in [0.29, 0.717) is 0 Å². The number of carbonyl (C=O) groups excluding carboxylic acids is 1. The number of halogens is 3. The molecule has 0 unspecified atom stereocenters. The van der Waals surface area contributed by atoms with Crippen LogP contribution in [0.25, 0.3) is 0 Å². The van der Waals surface area contributed by atoms with Crippen LogP contribution < -0.4 is 0 Å². The standard InChI is InChI=1S/C16H16F3N3O2/c1-21-8-10(7-20-21)15(24)22-9-11(23)6-14(22)12-4-2-3-5-13(12)16(17,18)19/h2-5,7-8,11,14,23H,6,9H2,1H3/t11-,14-/m0/s1. The molecule has 1 amide bonds. The summed E-state index contributed by atoms with van der Waals surface area (Å²) in [6.07, 6.45) is -2.46. The van der Waals surface area contributed by atoms with E-state index >= 15 is 0 Å². The lowest BCUT2D eigenvalue weighted by molar-refractivity contribution is -0.138. The van der Waals surface area contributed by atoms with Crippen LogP contribution >= 0.6 is 0 Å². The summed E-state index contributed by atoms with van der Waals surface area (Å²) in [4.78, 5) is 13.9. The maximum Gasteiger partial charge on any atom is 0.416 e. The van der Waals surface area contributed by atoms with Crippen molar-refractivity contribution in [2.24, 2.45) is 7.05 Å². The average molecular weight is 339 g/mol. The summed E-state index contributed by atoms with van der Waals surface area (Å²) in [5, 5.41) is 13.8. The van der Waals surface area contributed by atoms with Crippen molar-refractivity contribution < 1.29 is 23.1 Å². The molecular formula is C16H16F3N3O2. The number of aliphatic hydroxyl groups is 1. The van der Waals surface area contributed by atoms with E-state index in [2.05, 4.69) is 5.10 Å². The number of likely N-dealkylation sites (tertiary alicyclic amines) is 1. The number of alkyl halides is 3. The minimum Gasteiger partial charge on any atom is -0.391 e. The molecule has 0 bridgehead atoms. The molecule has 1 aromatic carbocycles. The summed E-state index contributed by atoms with van der Waals surface area (Å²) in [6.45, 7) is -0.00934. The van der Waals surface area contributed by atoms with Crippen LogP contribution in [0, 0.1) is 0 Å². The number of β-amino-alcohol motifs (C(OH)–C–C–N with tert-alkyl or cyclic N) is 1. The third-order valence-corrected chi connectivity index (χ3v) is 4.12. The van der Waals surface area contributed by atoms with Crippen molar-refractivity contribution in [3.8, 4) is 0 Å². The lowest BCUT2D eigenvalue weighted by atomic mass is 9.97. The fourth-order valence-corrected chi connectivity index (χ4v) is 3.08. The van der Waals surface area contributed by atoms with Crippen molar-refractivity contribution in [2.45, 2.75) is 24.7 Å². The van der Waals surface area contributed by atoms with Gasteiger partial charge in [0.2, 0.25) is 0 Å². The van der Waals surface area contributed by atoms with Gasteiger partial charge in [0, 0.05) is 19.8 Å². The van der Waals surface area contributed by atoms with Crippen LogP contribution in [0.1, 0.15) is 33.9 Å². The molecule has 1 aliphatic rings. The zero-order valence-corrected chi connectivity index (χ0v) is 12.9. The number of rotatable bonds is 2. The number of aromatic nitrogens is 2. The molecule has 1 N–H and O–H groups in total. The highest BCUT2D eigenvalue weighted by Crippen LogP contribution is 2.40. The first-order chi connectivity index (χ1) is 11.3. The molecule has 2 heterocycles. The Bertz CT molecular complexity index is 757. The summed E-state index contributed by atoms with van der Waals surface area (Å²) in [6, 6.07) is 4.33. The van der Waals surface area contributed by atoms with E-state index in [1.54, 1.807) is 7.05 Å². The Labute approximate surface area is 136 Å². The predicted octanol–water partition coefficient (Wildman–Crippen LogP) is 2.39. The van der Waals surface area contributed by atoms with Crippen LogP contribution in [0.3, 0.4) is 0 Å². The Hall–Kier alpha value is -2.35. The van der Waals surface area contributed by atoms with Crippen molar-refractivity contribution in [3.63, 3.8) is 0 Å². The van der Waals surface area contributed by atoms with Gasteiger partial charge in [-0.05, 0) is 18.1 Å². The Balaban J connectivity index is 1.99. The van der Waals surface area contributed by atoms with Gasteiger partial charge in [-0.3, -0.25) is 9.48 Å². The summed E-state index contributed by atoms with van der Waals surface area (Å²) >= 11 is 0. The van der Waals surface area contributed by atoms with Crippen LogP contribution in [0.2, 0.25) is 0 Å². The zero-order chi connectivity index (χ0) is 17.5.